The van der Waals surface area contributed by atoms with Crippen LogP contribution in [0.15, 0.2) is 0 Å². The van der Waals surface area contributed by atoms with Crippen molar-refractivity contribution in [2.45, 2.75) is 0 Å². The molecule has 0 rings (SSSR count). The first kappa shape index (κ1) is 16.1. The molecule has 0 spiro atoms. The molecule has 0 aliphatic carbocycles. The van der Waals surface area contributed by atoms with E-state index in [1.165, 1.54) is 0 Å². The molecule has 0 aromatic heterocycles. The zero-order valence-corrected chi connectivity index (χ0v) is 6.43. The van der Waals surface area contributed by atoms with Gasteiger partial charge in [0.05, 0.1) is 0 Å². The fraction of sp³-hybridized carbons (Fsp3) is 0. The van der Waals surface area contributed by atoms with Crippen molar-refractivity contribution in [3.8, 4) is 0 Å². The molecule has 2 N–H and O–H groups in total. The van der Waals surface area contributed by atoms with Crippen molar-refractivity contribution < 1.29 is 43.0 Å². The summed E-state index contributed by atoms with van der Waals surface area (Å²) in [4.78, 5) is 0. The molecule has 0 atom stereocenters. The Kier molecular flexibility index (Phi) is 14.7. The summed E-state index contributed by atoms with van der Waals surface area (Å²) < 4.78 is 48.2. The van der Waals surface area contributed by atoms with Gasteiger partial charge in [-0.25, -0.2) is 0 Å². The zero-order chi connectivity index (χ0) is 7.21. The van der Waals surface area contributed by atoms with Crippen molar-refractivity contribution in [3.63, 3.8) is 0 Å². The molecule has 58 valence electrons. The van der Waals surface area contributed by atoms with E-state index in [4.69, 9.17) is 25.9 Å². The van der Waals surface area contributed by atoms with Gasteiger partial charge in [-0.05, 0) is 0 Å². The predicted octanol–water partition coefficient (Wildman–Crippen LogP) is -1.33. The van der Waals surface area contributed by atoms with Gasteiger partial charge < -0.3 is 0 Å². The van der Waals surface area contributed by atoms with Gasteiger partial charge in [0, 0.05) is 17.1 Å². The minimum Gasteiger partial charge on any atom is -0.264 e. The molecule has 0 heterocycles. The van der Waals surface area contributed by atoms with Crippen molar-refractivity contribution in [1.82, 2.24) is 0 Å². The maximum absolute atomic E-state index is 8.74. The molecule has 0 aliphatic rings. The van der Waals surface area contributed by atoms with Crippen LogP contribution in [0.5, 0.6) is 0 Å². The summed E-state index contributed by atoms with van der Waals surface area (Å²) in [5.74, 6) is 0. The van der Waals surface area contributed by atoms with Crippen LogP contribution in [0.1, 0.15) is 0 Å². The van der Waals surface area contributed by atoms with Gasteiger partial charge in [0.25, 0.3) is 0 Å². The molecule has 0 aromatic carbocycles. The molecule has 0 unspecified atom stereocenters. The second-order valence-corrected chi connectivity index (χ2v) is 1.55. The Balaban J connectivity index is -0.0000000800. The predicted molar refractivity (Wildman–Crippen MR) is 23.1 cm³/mol. The third-order valence-corrected chi connectivity index (χ3v) is 0. The van der Waals surface area contributed by atoms with Gasteiger partial charge >= 0.3 is 22.0 Å². The average molecular weight is 218 g/mol. The summed E-state index contributed by atoms with van der Waals surface area (Å²) in [7, 11) is -4.67. The fourth-order valence-electron chi connectivity index (χ4n) is 0. The van der Waals surface area contributed by atoms with Gasteiger partial charge in [-0.15, -0.1) is 0 Å². The van der Waals surface area contributed by atoms with E-state index in [0.29, 0.717) is 0 Å². The number of rotatable bonds is 0. The first-order valence-electron chi connectivity index (χ1n) is 1.03. The van der Waals surface area contributed by atoms with Gasteiger partial charge in [-0.2, -0.15) is 16.8 Å². The molecule has 9 heteroatoms. The molecule has 0 amide bonds. The number of hydrogen-bond acceptors (Lipinski definition) is 4. The van der Waals surface area contributed by atoms with E-state index in [1.807, 2.05) is 0 Å². The summed E-state index contributed by atoms with van der Waals surface area (Å²) in [5.41, 5.74) is 0. The van der Waals surface area contributed by atoms with Crippen molar-refractivity contribution in [3.05, 3.63) is 0 Å². The van der Waals surface area contributed by atoms with Crippen LogP contribution in [0.3, 0.4) is 0 Å². The van der Waals surface area contributed by atoms with Gasteiger partial charge in [0.15, 0.2) is 0 Å². The molecule has 0 saturated carbocycles. The van der Waals surface area contributed by atoms with Crippen molar-refractivity contribution >= 4 is 22.0 Å². The van der Waals surface area contributed by atoms with Gasteiger partial charge in [0.2, 0.25) is 0 Å². The van der Waals surface area contributed by atoms with E-state index in [2.05, 4.69) is 0 Å². The molecule has 6 nitrogen and oxygen atoms in total. The molecule has 0 fully saturated rings. The van der Waals surface area contributed by atoms with E-state index in [0.717, 1.165) is 0 Å². The average Bonchev–Trinajstić information content (AvgIpc) is 1.27. The largest absolute Gasteiger partial charge is 0.394 e. The van der Waals surface area contributed by atoms with Crippen LogP contribution in [-0.4, -0.2) is 25.9 Å². The Morgan fingerprint density at radius 2 is 1.11 bits per heavy atom. The van der Waals surface area contributed by atoms with Crippen LogP contribution >= 0.6 is 0 Å². The first-order valence-corrected chi connectivity index (χ1v) is 3.10. The Bertz CT molecular complexity index is 151. The summed E-state index contributed by atoms with van der Waals surface area (Å²) in [6.07, 6.45) is 0. The molecule has 0 bridgehead atoms. The topological polar surface area (TPSA) is 109 Å². The molecule has 0 aliphatic heterocycles. The smallest absolute Gasteiger partial charge is 0.264 e. The van der Waals surface area contributed by atoms with Crippen LogP contribution in [0, 0.1) is 0 Å². The third-order valence-electron chi connectivity index (χ3n) is 0. The Hall–Kier alpha value is 0.209. The van der Waals surface area contributed by atoms with E-state index in [1.54, 1.807) is 0 Å². The summed E-state index contributed by atoms with van der Waals surface area (Å²) in [6, 6.07) is 0. The fourth-order valence-corrected chi connectivity index (χ4v) is 0. The summed E-state index contributed by atoms with van der Waals surface area (Å²) in [5, 5.41) is 0. The molecule has 0 radical (unpaired) electrons. The molecule has 0 saturated heterocycles. The van der Waals surface area contributed by atoms with Crippen molar-refractivity contribution in [2.24, 2.45) is 0 Å². The minimum absolute atomic E-state index is 0. The minimum atomic E-state index is -4.67. The summed E-state index contributed by atoms with van der Waals surface area (Å²) >= 11 is -0.750. The molecular formula is H2FeO6S2. The zero-order valence-electron chi connectivity index (χ0n) is 3.70. The molecular weight excluding hydrogens is 216 g/mol. The van der Waals surface area contributed by atoms with Crippen LogP contribution in [0.4, 0.5) is 0 Å². The van der Waals surface area contributed by atoms with Gasteiger partial charge in [-0.1, -0.05) is 0 Å². The van der Waals surface area contributed by atoms with Crippen molar-refractivity contribution in [2.75, 3.05) is 0 Å². The standard InChI is InChI=1S/Fe.H2O4S.O2S/c;1-5(2,3)4;1-3-2/h;(H2,1,2,3,4);. The monoisotopic (exact) mass is 218 g/mol. The van der Waals surface area contributed by atoms with E-state index in [9.17, 15) is 0 Å². The number of hydrogen-bond donors (Lipinski definition) is 2. The summed E-state index contributed by atoms with van der Waals surface area (Å²) in [6.45, 7) is 0. The molecule has 9 heavy (non-hydrogen) atoms. The van der Waals surface area contributed by atoms with Crippen molar-refractivity contribution in [1.29, 1.82) is 0 Å². The first-order chi connectivity index (χ1) is 3.41. The Morgan fingerprint density at radius 3 is 1.11 bits per heavy atom. The SMILES string of the molecule is O=S(=O)(O)O.O=S=O.[Fe]. The van der Waals surface area contributed by atoms with Crippen LogP contribution < -0.4 is 0 Å². The normalized spacial score (nSPS) is 7.78. The van der Waals surface area contributed by atoms with E-state index in [-0.39, 0.29) is 17.1 Å². The van der Waals surface area contributed by atoms with Gasteiger partial charge in [0.1, 0.15) is 0 Å². The van der Waals surface area contributed by atoms with E-state index < -0.39 is 22.0 Å². The van der Waals surface area contributed by atoms with Crippen LogP contribution in [-0.2, 0) is 39.0 Å². The van der Waals surface area contributed by atoms with Gasteiger partial charge in [-0.3, -0.25) is 9.11 Å². The maximum Gasteiger partial charge on any atom is 0.394 e. The quantitative estimate of drug-likeness (QED) is 0.385. The molecule has 0 aromatic rings. The second-order valence-electron chi connectivity index (χ2n) is 0.516. The second kappa shape index (κ2) is 8.21. The maximum atomic E-state index is 8.74. The van der Waals surface area contributed by atoms with Crippen LogP contribution in [0.2, 0.25) is 0 Å². The van der Waals surface area contributed by atoms with Crippen LogP contribution in [0.25, 0.3) is 0 Å². The Labute approximate surface area is 65.3 Å². The third kappa shape index (κ3) is 7210. The van der Waals surface area contributed by atoms with E-state index >= 15 is 0 Å². The Morgan fingerprint density at radius 1 is 1.11 bits per heavy atom.